The van der Waals surface area contributed by atoms with Crippen LogP contribution in [-0.4, -0.2) is 19.0 Å². The highest BCUT2D eigenvalue weighted by Gasteiger charge is 2.26. The van der Waals surface area contributed by atoms with E-state index in [4.69, 9.17) is 5.73 Å². The number of nitrogens with zero attached hydrogens (tertiary/aromatic N) is 1. The summed E-state index contributed by atoms with van der Waals surface area (Å²) in [6.45, 7) is 3.98. The first-order valence-corrected chi connectivity index (χ1v) is 4.91. The molecule has 1 amide bonds. The summed E-state index contributed by atoms with van der Waals surface area (Å²) >= 11 is 0. The first-order valence-electron chi connectivity index (χ1n) is 4.91. The van der Waals surface area contributed by atoms with Crippen molar-refractivity contribution in [1.29, 1.82) is 0 Å². The number of anilines is 1. The van der Waals surface area contributed by atoms with E-state index in [1.54, 1.807) is 11.9 Å². The predicted octanol–water partition coefficient (Wildman–Crippen LogP) is 1.39. The van der Waals surface area contributed by atoms with E-state index in [1.807, 2.05) is 24.3 Å². The SMILES string of the molecule is C=C1CC(N)C(=O)N(C)c2ccccc21. The second-order valence-electron chi connectivity index (χ2n) is 3.83. The van der Waals surface area contributed by atoms with Gasteiger partial charge in [0.2, 0.25) is 5.91 Å². The molecule has 0 fully saturated rings. The van der Waals surface area contributed by atoms with E-state index in [1.165, 1.54) is 0 Å². The van der Waals surface area contributed by atoms with Crippen LogP contribution in [0.3, 0.4) is 0 Å². The fourth-order valence-electron chi connectivity index (χ4n) is 1.90. The van der Waals surface area contributed by atoms with Crippen molar-refractivity contribution in [3.8, 4) is 0 Å². The van der Waals surface area contributed by atoms with Gasteiger partial charge in [-0.2, -0.15) is 0 Å². The summed E-state index contributed by atoms with van der Waals surface area (Å²) in [7, 11) is 1.75. The first-order chi connectivity index (χ1) is 7.11. The number of hydrogen-bond donors (Lipinski definition) is 1. The van der Waals surface area contributed by atoms with E-state index in [0.717, 1.165) is 16.8 Å². The molecule has 0 spiro atoms. The molecular formula is C12H14N2O. The van der Waals surface area contributed by atoms with Gasteiger partial charge in [0.1, 0.15) is 0 Å². The largest absolute Gasteiger partial charge is 0.320 e. The fourth-order valence-corrected chi connectivity index (χ4v) is 1.90. The van der Waals surface area contributed by atoms with Crippen molar-refractivity contribution in [1.82, 2.24) is 0 Å². The Morgan fingerprint density at radius 2 is 2.13 bits per heavy atom. The van der Waals surface area contributed by atoms with Gasteiger partial charge in [-0.25, -0.2) is 0 Å². The molecular weight excluding hydrogens is 188 g/mol. The molecule has 3 heteroatoms. The minimum atomic E-state index is -0.477. The standard InChI is InChI=1S/C12H14N2O/c1-8-7-10(13)12(15)14(2)11-6-4-3-5-9(8)11/h3-6,10H,1,7,13H2,2H3. The Hall–Kier alpha value is -1.61. The Kier molecular flexibility index (Phi) is 2.32. The van der Waals surface area contributed by atoms with Crippen LogP contribution in [0.25, 0.3) is 5.57 Å². The van der Waals surface area contributed by atoms with Crippen LogP contribution in [0.5, 0.6) is 0 Å². The van der Waals surface area contributed by atoms with Gasteiger partial charge < -0.3 is 10.6 Å². The van der Waals surface area contributed by atoms with E-state index in [9.17, 15) is 4.79 Å². The molecule has 1 aliphatic heterocycles. The number of carbonyl (C=O) groups excluding carboxylic acids is 1. The Morgan fingerprint density at radius 1 is 1.47 bits per heavy atom. The summed E-state index contributed by atoms with van der Waals surface area (Å²) in [5.41, 5.74) is 8.62. The highest BCUT2D eigenvalue weighted by Crippen LogP contribution is 2.31. The molecule has 1 unspecified atom stereocenters. The maximum atomic E-state index is 11.8. The van der Waals surface area contributed by atoms with Crippen molar-refractivity contribution >= 4 is 17.2 Å². The topological polar surface area (TPSA) is 46.3 Å². The van der Waals surface area contributed by atoms with Crippen LogP contribution in [0.1, 0.15) is 12.0 Å². The molecule has 0 aromatic heterocycles. The van der Waals surface area contributed by atoms with Crippen molar-refractivity contribution in [3.63, 3.8) is 0 Å². The third kappa shape index (κ3) is 1.55. The molecule has 0 saturated carbocycles. The maximum Gasteiger partial charge on any atom is 0.243 e. The number of fused-ring (bicyclic) bond motifs is 1. The summed E-state index contributed by atoms with van der Waals surface area (Å²) in [5, 5.41) is 0. The maximum absolute atomic E-state index is 11.8. The number of nitrogens with two attached hydrogens (primary N) is 1. The molecule has 15 heavy (non-hydrogen) atoms. The Bertz CT molecular complexity index is 425. The molecule has 1 heterocycles. The third-order valence-electron chi connectivity index (χ3n) is 2.76. The highest BCUT2D eigenvalue weighted by molar-refractivity contribution is 6.02. The normalized spacial score (nSPS) is 21.2. The molecule has 0 aliphatic carbocycles. The number of likely N-dealkylation sites (N-methyl/N-ethyl adjacent to an activating group) is 1. The zero-order valence-corrected chi connectivity index (χ0v) is 8.73. The van der Waals surface area contributed by atoms with Crippen LogP contribution in [0.2, 0.25) is 0 Å². The molecule has 2 N–H and O–H groups in total. The van der Waals surface area contributed by atoms with Gasteiger partial charge in [0.15, 0.2) is 0 Å². The smallest absolute Gasteiger partial charge is 0.243 e. The van der Waals surface area contributed by atoms with E-state index < -0.39 is 6.04 Å². The zero-order chi connectivity index (χ0) is 11.0. The molecule has 0 saturated heterocycles. The van der Waals surface area contributed by atoms with Gasteiger partial charge >= 0.3 is 0 Å². The lowest BCUT2D eigenvalue weighted by molar-refractivity contribution is -0.119. The van der Waals surface area contributed by atoms with Crippen molar-refractivity contribution in [2.45, 2.75) is 12.5 Å². The minimum Gasteiger partial charge on any atom is -0.320 e. The summed E-state index contributed by atoms with van der Waals surface area (Å²) < 4.78 is 0. The van der Waals surface area contributed by atoms with Gasteiger partial charge in [0, 0.05) is 12.6 Å². The summed E-state index contributed by atoms with van der Waals surface area (Å²) in [5.74, 6) is -0.0545. The van der Waals surface area contributed by atoms with Crippen LogP contribution in [0, 0.1) is 0 Å². The predicted molar refractivity (Wildman–Crippen MR) is 61.5 cm³/mol. The molecule has 1 aromatic carbocycles. The van der Waals surface area contributed by atoms with Crippen LogP contribution in [0.15, 0.2) is 30.8 Å². The molecule has 3 nitrogen and oxygen atoms in total. The molecule has 1 aromatic rings. The monoisotopic (exact) mass is 202 g/mol. The van der Waals surface area contributed by atoms with Gasteiger partial charge in [0.05, 0.1) is 11.7 Å². The van der Waals surface area contributed by atoms with E-state index >= 15 is 0 Å². The third-order valence-corrected chi connectivity index (χ3v) is 2.76. The van der Waals surface area contributed by atoms with E-state index in [-0.39, 0.29) is 5.91 Å². The van der Waals surface area contributed by atoms with Gasteiger partial charge in [-0.05, 0) is 18.1 Å². The molecule has 1 atom stereocenters. The number of carbonyl (C=O) groups is 1. The lowest BCUT2D eigenvalue weighted by atomic mass is 10.0. The number of benzene rings is 1. The van der Waals surface area contributed by atoms with Crippen LogP contribution < -0.4 is 10.6 Å². The summed E-state index contributed by atoms with van der Waals surface area (Å²) in [4.78, 5) is 13.4. The van der Waals surface area contributed by atoms with Crippen LogP contribution in [0.4, 0.5) is 5.69 Å². The second kappa shape index (κ2) is 3.51. The van der Waals surface area contributed by atoms with Gasteiger partial charge in [0.25, 0.3) is 0 Å². The Morgan fingerprint density at radius 3 is 2.87 bits per heavy atom. The Balaban J connectivity index is 2.57. The minimum absolute atomic E-state index is 0.0545. The summed E-state index contributed by atoms with van der Waals surface area (Å²) in [6, 6.07) is 7.26. The van der Waals surface area contributed by atoms with Crippen LogP contribution in [-0.2, 0) is 4.79 Å². The molecule has 0 bridgehead atoms. The first kappa shape index (κ1) is 9.93. The lowest BCUT2D eigenvalue weighted by Crippen LogP contribution is -2.40. The van der Waals surface area contributed by atoms with Crippen molar-refractivity contribution < 1.29 is 4.79 Å². The molecule has 1 aliphatic rings. The number of hydrogen-bond acceptors (Lipinski definition) is 2. The Labute approximate surface area is 89.2 Å². The van der Waals surface area contributed by atoms with Gasteiger partial charge in [-0.15, -0.1) is 0 Å². The fraction of sp³-hybridized carbons (Fsp3) is 0.250. The van der Waals surface area contributed by atoms with Gasteiger partial charge in [-0.3, -0.25) is 4.79 Å². The van der Waals surface area contributed by atoms with Gasteiger partial charge in [-0.1, -0.05) is 24.8 Å². The number of para-hydroxylation sites is 1. The molecule has 0 radical (unpaired) electrons. The number of amides is 1. The zero-order valence-electron chi connectivity index (χ0n) is 8.73. The average molecular weight is 202 g/mol. The quantitative estimate of drug-likeness (QED) is 0.691. The van der Waals surface area contributed by atoms with Crippen molar-refractivity contribution in [2.75, 3.05) is 11.9 Å². The molecule has 2 rings (SSSR count). The van der Waals surface area contributed by atoms with Crippen LogP contribution >= 0.6 is 0 Å². The van der Waals surface area contributed by atoms with Crippen molar-refractivity contribution in [2.24, 2.45) is 5.73 Å². The van der Waals surface area contributed by atoms with Crippen molar-refractivity contribution in [3.05, 3.63) is 36.4 Å². The van der Waals surface area contributed by atoms with E-state index in [0.29, 0.717) is 6.42 Å². The lowest BCUT2D eigenvalue weighted by Gasteiger charge is -2.18. The highest BCUT2D eigenvalue weighted by atomic mass is 16.2. The summed E-state index contributed by atoms with van der Waals surface area (Å²) in [6.07, 6.45) is 0.528. The second-order valence-corrected chi connectivity index (χ2v) is 3.83. The average Bonchev–Trinajstić information content (AvgIpc) is 2.33. The molecule has 78 valence electrons. The number of rotatable bonds is 0. The van der Waals surface area contributed by atoms with E-state index in [2.05, 4.69) is 6.58 Å².